The van der Waals surface area contributed by atoms with Gasteiger partial charge in [-0.15, -0.1) is 0 Å². The Morgan fingerprint density at radius 1 is 1.00 bits per heavy atom. The summed E-state index contributed by atoms with van der Waals surface area (Å²) >= 11 is 0. The Labute approximate surface area is 168 Å². The fourth-order valence-electron chi connectivity index (χ4n) is 4.22. The summed E-state index contributed by atoms with van der Waals surface area (Å²) in [5.41, 5.74) is 8.20. The molecule has 0 radical (unpaired) electrons. The molecule has 1 N–H and O–H groups in total. The number of nitrogens with one attached hydrogen (secondary N) is 1. The maximum absolute atomic E-state index is 11.5. The molecule has 0 bridgehead atoms. The minimum atomic E-state index is -0.237. The molecule has 0 saturated heterocycles. The highest BCUT2D eigenvalue weighted by Crippen LogP contribution is 2.29. The van der Waals surface area contributed by atoms with Gasteiger partial charge in [-0.3, -0.25) is 0 Å². The molecule has 0 spiro atoms. The molecule has 1 amide bonds. The number of aryl methyl sites for hydroxylation is 2. The number of nitrogens with zero attached hydrogens (tertiary/aromatic N) is 1. The lowest BCUT2D eigenvalue weighted by Gasteiger charge is -2.32. The van der Waals surface area contributed by atoms with Crippen LogP contribution < -0.4 is 5.32 Å². The first kappa shape index (κ1) is 20.4. The number of benzene rings is 2. The highest BCUT2D eigenvalue weighted by Gasteiger charge is 2.25. The molecule has 2 aromatic rings. The predicted octanol–water partition coefficient (Wildman–Crippen LogP) is 4.88. The van der Waals surface area contributed by atoms with Gasteiger partial charge in [-0.1, -0.05) is 61.4 Å². The van der Waals surface area contributed by atoms with Crippen molar-refractivity contribution in [1.82, 2.24) is 10.2 Å². The van der Waals surface area contributed by atoms with Crippen molar-refractivity contribution in [3.8, 4) is 0 Å². The van der Waals surface area contributed by atoms with Crippen molar-refractivity contribution >= 4 is 6.09 Å². The van der Waals surface area contributed by atoms with E-state index in [0.29, 0.717) is 18.4 Å². The number of methoxy groups -OCH3 is 1. The highest BCUT2D eigenvalue weighted by molar-refractivity contribution is 5.68. The molecule has 0 aliphatic carbocycles. The molecule has 2 aromatic carbocycles. The minimum Gasteiger partial charge on any atom is -0.453 e. The number of carbonyl (C=O) groups excluding carboxylic acids is 1. The van der Waals surface area contributed by atoms with Crippen LogP contribution in [0.3, 0.4) is 0 Å². The second-order valence-corrected chi connectivity index (χ2v) is 8.19. The molecule has 2 atom stereocenters. The fraction of sp³-hybridized carbons (Fsp3) is 0.458. The zero-order valence-corrected chi connectivity index (χ0v) is 17.7. The average Bonchev–Trinajstić information content (AvgIpc) is 2.67. The lowest BCUT2D eigenvalue weighted by atomic mass is 9.90. The molecule has 2 heterocycles. The van der Waals surface area contributed by atoms with Gasteiger partial charge in [-0.2, -0.15) is 0 Å². The van der Waals surface area contributed by atoms with Crippen LogP contribution >= 0.6 is 0 Å². The third-order valence-corrected chi connectivity index (χ3v) is 5.71. The van der Waals surface area contributed by atoms with E-state index < -0.39 is 0 Å². The number of carbonyl (C=O) groups is 1. The summed E-state index contributed by atoms with van der Waals surface area (Å²) in [6.07, 6.45) is -0.237. The Morgan fingerprint density at radius 3 is 2.25 bits per heavy atom. The first-order chi connectivity index (χ1) is 13.4. The van der Waals surface area contributed by atoms with Crippen LogP contribution in [0.15, 0.2) is 36.4 Å². The first-order valence-corrected chi connectivity index (χ1v) is 10.1. The largest absolute Gasteiger partial charge is 0.453 e. The summed E-state index contributed by atoms with van der Waals surface area (Å²) < 4.78 is 4.77. The molecule has 4 nitrogen and oxygen atoms in total. The van der Waals surface area contributed by atoms with Crippen LogP contribution in [-0.4, -0.2) is 31.2 Å². The SMILES string of the molecule is COC(=O)N1Cc2cc(C)ccc2C(C)C1.Cc1ccc2c(c1)CNCC2C. The minimum absolute atomic E-state index is 0.237. The monoisotopic (exact) mass is 380 g/mol. The molecule has 150 valence electrons. The number of ether oxygens (including phenoxy) is 1. The Morgan fingerprint density at radius 2 is 1.61 bits per heavy atom. The number of fused-ring (bicyclic) bond motifs is 2. The van der Waals surface area contributed by atoms with Gasteiger partial charge in [-0.05, 0) is 47.9 Å². The maximum Gasteiger partial charge on any atom is 0.409 e. The molecule has 0 fully saturated rings. The van der Waals surface area contributed by atoms with Gasteiger partial charge >= 0.3 is 6.09 Å². The van der Waals surface area contributed by atoms with E-state index in [0.717, 1.165) is 19.6 Å². The smallest absolute Gasteiger partial charge is 0.409 e. The second-order valence-electron chi connectivity index (χ2n) is 8.19. The van der Waals surface area contributed by atoms with Gasteiger partial charge < -0.3 is 15.0 Å². The van der Waals surface area contributed by atoms with Crippen LogP contribution in [0.5, 0.6) is 0 Å². The maximum atomic E-state index is 11.5. The van der Waals surface area contributed by atoms with Crippen molar-refractivity contribution in [3.63, 3.8) is 0 Å². The molecule has 2 aliphatic rings. The molecule has 0 aromatic heterocycles. The number of hydrogen-bond acceptors (Lipinski definition) is 3. The van der Waals surface area contributed by atoms with E-state index in [-0.39, 0.29) is 6.09 Å². The molecule has 4 rings (SSSR count). The second kappa shape index (κ2) is 8.78. The van der Waals surface area contributed by atoms with E-state index in [4.69, 9.17) is 4.74 Å². The van der Waals surface area contributed by atoms with E-state index in [2.05, 4.69) is 69.4 Å². The number of amides is 1. The van der Waals surface area contributed by atoms with Crippen molar-refractivity contribution in [3.05, 3.63) is 69.8 Å². The predicted molar refractivity (Wildman–Crippen MR) is 114 cm³/mol. The highest BCUT2D eigenvalue weighted by atomic mass is 16.5. The van der Waals surface area contributed by atoms with Crippen molar-refractivity contribution in [2.24, 2.45) is 0 Å². The lowest BCUT2D eigenvalue weighted by molar-refractivity contribution is 0.115. The van der Waals surface area contributed by atoms with Gasteiger partial charge in [0.1, 0.15) is 0 Å². The van der Waals surface area contributed by atoms with Crippen molar-refractivity contribution in [2.45, 2.75) is 52.6 Å². The van der Waals surface area contributed by atoms with Gasteiger partial charge in [-0.25, -0.2) is 4.79 Å². The fourth-order valence-corrected chi connectivity index (χ4v) is 4.22. The normalized spacial score (nSPS) is 20.4. The van der Waals surface area contributed by atoms with Gasteiger partial charge in [0.15, 0.2) is 0 Å². The zero-order valence-electron chi connectivity index (χ0n) is 17.7. The molecular weight excluding hydrogens is 348 g/mol. The van der Waals surface area contributed by atoms with Crippen LogP contribution in [0.25, 0.3) is 0 Å². The van der Waals surface area contributed by atoms with Crippen LogP contribution in [0.4, 0.5) is 4.79 Å². The summed E-state index contributed by atoms with van der Waals surface area (Å²) in [5.74, 6) is 1.05. The third kappa shape index (κ3) is 4.56. The quantitative estimate of drug-likeness (QED) is 0.708. The Kier molecular flexibility index (Phi) is 6.40. The summed E-state index contributed by atoms with van der Waals surface area (Å²) in [7, 11) is 1.43. The number of hydrogen-bond donors (Lipinski definition) is 1. The molecule has 2 unspecified atom stereocenters. The topological polar surface area (TPSA) is 41.6 Å². The van der Waals surface area contributed by atoms with E-state index in [9.17, 15) is 4.79 Å². The third-order valence-electron chi connectivity index (χ3n) is 5.71. The summed E-state index contributed by atoms with van der Waals surface area (Å²) in [6, 6.07) is 13.2. The van der Waals surface area contributed by atoms with Crippen molar-refractivity contribution < 1.29 is 9.53 Å². The van der Waals surface area contributed by atoms with Crippen molar-refractivity contribution in [2.75, 3.05) is 20.2 Å². The average molecular weight is 381 g/mol. The summed E-state index contributed by atoms with van der Waals surface area (Å²) in [4.78, 5) is 13.3. The van der Waals surface area contributed by atoms with Crippen LogP contribution in [0.2, 0.25) is 0 Å². The standard InChI is InChI=1S/C13H17NO2.C11H15N/c1-9-4-5-12-10(2)7-14(13(15)16-3)8-11(12)6-9;1-8-3-4-11-9(2)6-12-7-10(11)5-8/h4-6,10H,7-8H2,1-3H3;3-5,9,12H,6-7H2,1-2H3. The summed E-state index contributed by atoms with van der Waals surface area (Å²) in [5, 5.41) is 3.42. The summed E-state index contributed by atoms with van der Waals surface area (Å²) in [6.45, 7) is 12.2. The van der Waals surface area contributed by atoms with Gasteiger partial charge in [0.05, 0.1) is 7.11 Å². The lowest BCUT2D eigenvalue weighted by Crippen LogP contribution is -2.37. The zero-order chi connectivity index (χ0) is 20.3. The van der Waals surface area contributed by atoms with Gasteiger partial charge in [0.25, 0.3) is 0 Å². The molecule has 28 heavy (non-hydrogen) atoms. The number of rotatable bonds is 0. The first-order valence-electron chi connectivity index (χ1n) is 10.1. The van der Waals surface area contributed by atoms with Crippen LogP contribution in [0.1, 0.15) is 59.1 Å². The van der Waals surface area contributed by atoms with E-state index in [1.165, 1.54) is 40.5 Å². The van der Waals surface area contributed by atoms with Crippen LogP contribution in [-0.2, 0) is 17.8 Å². The van der Waals surface area contributed by atoms with Crippen LogP contribution in [0, 0.1) is 13.8 Å². The molecule has 0 saturated carbocycles. The Hall–Kier alpha value is -2.33. The molecule has 4 heteroatoms. The van der Waals surface area contributed by atoms with Crippen molar-refractivity contribution in [1.29, 1.82) is 0 Å². The van der Waals surface area contributed by atoms with E-state index in [1.807, 2.05) is 0 Å². The molecular formula is C24H32N2O2. The van der Waals surface area contributed by atoms with E-state index >= 15 is 0 Å². The van der Waals surface area contributed by atoms with Gasteiger partial charge in [0.2, 0.25) is 0 Å². The Bertz CT molecular complexity index is 846. The van der Waals surface area contributed by atoms with Gasteiger partial charge in [0, 0.05) is 26.2 Å². The van der Waals surface area contributed by atoms with E-state index in [1.54, 1.807) is 4.90 Å². The molecule has 2 aliphatic heterocycles. The Balaban J connectivity index is 0.000000167.